The highest BCUT2D eigenvalue weighted by atomic mass is 16.1. The predicted octanol–water partition coefficient (Wildman–Crippen LogP) is 3.90. The molecule has 0 spiro atoms. The molecule has 0 bridgehead atoms. The van der Waals surface area contributed by atoms with Gasteiger partial charge in [0.15, 0.2) is 0 Å². The number of nitrogens with zero attached hydrogens (tertiary/aromatic N) is 2. The van der Waals surface area contributed by atoms with Crippen molar-refractivity contribution < 1.29 is 4.79 Å². The van der Waals surface area contributed by atoms with Crippen LogP contribution in [-0.4, -0.2) is 15.6 Å². The third-order valence-electron chi connectivity index (χ3n) is 4.99. The second kappa shape index (κ2) is 6.00. The number of carbonyl (C=O) groups is 1. The van der Waals surface area contributed by atoms with Crippen molar-refractivity contribution in [3.63, 3.8) is 0 Å². The van der Waals surface area contributed by atoms with Crippen LogP contribution in [0.25, 0.3) is 10.9 Å². The molecule has 1 heterocycles. The van der Waals surface area contributed by atoms with Crippen LogP contribution in [0, 0.1) is 11.8 Å². The van der Waals surface area contributed by atoms with E-state index in [0.717, 1.165) is 35.4 Å². The Bertz CT molecular complexity index is 644. The molecule has 0 saturated heterocycles. The quantitative estimate of drug-likeness (QED) is 0.853. The van der Waals surface area contributed by atoms with Crippen LogP contribution in [-0.2, 0) is 18.3 Å². The Morgan fingerprint density at radius 1 is 1.33 bits per heavy atom. The molecule has 1 aliphatic rings. The summed E-state index contributed by atoms with van der Waals surface area (Å²) in [7, 11) is 1.95. The summed E-state index contributed by atoms with van der Waals surface area (Å²) in [4.78, 5) is 12.6. The second-order valence-electron chi connectivity index (χ2n) is 6.37. The van der Waals surface area contributed by atoms with Gasteiger partial charge in [-0.1, -0.05) is 44.4 Å². The summed E-state index contributed by atoms with van der Waals surface area (Å²) in [6, 6.07) is 8.17. The number of Topliss-reactive ketones (excluding diaryl/α,β-unsaturated/α-hetero) is 1. The van der Waals surface area contributed by atoms with Crippen LogP contribution in [0.4, 0.5) is 0 Å². The molecule has 1 aromatic heterocycles. The fraction of sp³-hybridized carbons (Fsp3) is 0.556. The number of rotatable bonds is 4. The number of aryl methyl sites for hydroxylation is 1. The maximum absolute atomic E-state index is 12.6. The van der Waals surface area contributed by atoms with Crippen LogP contribution in [0.15, 0.2) is 24.3 Å². The van der Waals surface area contributed by atoms with Crippen LogP contribution in [0.3, 0.4) is 0 Å². The summed E-state index contributed by atoms with van der Waals surface area (Å²) in [5, 5.41) is 5.68. The van der Waals surface area contributed by atoms with Crippen LogP contribution in [0.5, 0.6) is 0 Å². The van der Waals surface area contributed by atoms with Gasteiger partial charge in [0.05, 0.1) is 17.6 Å². The summed E-state index contributed by atoms with van der Waals surface area (Å²) in [5.74, 6) is 1.38. The van der Waals surface area contributed by atoms with Crippen molar-refractivity contribution in [1.82, 2.24) is 9.78 Å². The zero-order valence-electron chi connectivity index (χ0n) is 13.0. The second-order valence-corrected chi connectivity index (χ2v) is 6.37. The molecular weight excluding hydrogens is 260 g/mol. The van der Waals surface area contributed by atoms with Gasteiger partial charge in [-0.25, -0.2) is 0 Å². The molecule has 3 rings (SSSR count). The standard InChI is InChI=1S/C18H24N2O/c1-3-13-7-6-8-14(11-13)18(21)12-16-15-9-4-5-10-17(15)20(2)19-16/h4-5,9-10,13-14H,3,6-8,11-12H2,1-2H3. The first kappa shape index (κ1) is 14.3. The van der Waals surface area contributed by atoms with E-state index in [0.29, 0.717) is 12.2 Å². The Morgan fingerprint density at radius 3 is 2.95 bits per heavy atom. The van der Waals surface area contributed by atoms with E-state index in [2.05, 4.69) is 24.2 Å². The Hall–Kier alpha value is -1.64. The summed E-state index contributed by atoms with van der Waals surface area (Å²) in [6.07, 6.45) is 6.35. The largest absolute Gasteiger partial charge is 0.299 e. The lowest BCUT2D eigenvalue weighted by molar-refractivity contribution is -0.123. The highest BCUT2D eigenvalue weighted by molar-refractivity contribution is 5.89. The zero-order valence-corrected chi connectivity index (χ0v) is 13.0. The highest BCUT2D eigenvalue weighted by Crippen LogP contribution is 2.32. The molecule has 0 N–H and O–H groups in total. The molecule has 2 unspecified atom stereocenters. The third-order valence-corrected chi connectivity index (χ3v) is 4.99. The molecule has 0 amide bonds. The van der Waals surface area contributed by atoms with E-state index in [4.69, 9.17) is 0 Å². The van der Waals surface area contributed by atoms with E-state index >= 15 is 0 Å². The van der Waals surface area contributed by atoms with Gasteiger partial charge in [-0.05, 0) is 24.8 Å². The van der Waals surface area contributed by atoms with E-state index in [1.807, 2.05) is 23.9 Å². The molecule has 112 valence electrons. The monoisotopic (exact) mass is 284 g/mol. The Morgan fingerprint density at radius 2 is 2.14 bits per heavy atom. The number of hydrogen-bond donors (Lipinski definition) is 0. The zero-order chi connectivity index (χ0) is 14.8. The van der Waals surface area contributed by atoms with Gasteiger partial charge in [0.25, 0.3) is 0 Å². The molecule has 1 aromatic carbocycles. The van der Waals surface area contributed by atoms with Gasteiger partial charge in [-0.15, -0.1) is 0 Å². The summed E-state index contributed by atoms with van der Waals surface area (Å²) in [6.45, 7) is 2.24. The van der Waals surface area contributed by atoms with Gasteiger partial charge in [-0.3, -0.25) is 9.48 Å². The Kier molecular flexibility index (Phi) is 4.09. The normalized spacial score (nSPS) is 22.6. The van der Waals surface area contributed by atoms with Crippen molar-refractivity contribution in [3.8, 4) is 0 Å². The van der Waals surface area contributed by atoms with Crippen LogP contribution in [0.2, 0.25) is 0 Å². The average Bonchev–Trinajstić information content (AvgIpc) is 2.84. The number of ketones is 1. The van der Waals surface area contributed by atoms with Crippen molar-refractivity contribution >= 4 is 16.7 Å². The van der Waals surface area contributed by atoms with E-state index < -0.39 is 0 Å². The number of benzene rings is 1. The molecule has 0 radical (unpaired) electrons. The van der Waals surface area contributed by atoms with Gasteiger partial charge < -0.3 is 0 Å². The lowest BCUT2D eigenvalue weighted by Gasteiger charge is -2.27. The Balaban J connectivity index is 1.77. The molecule has 1 aliphatic carbocycles. The molecule has 3 heteroatoms. The number of carbonyl (C=O) groups excluding carboxylic acids is 1. The fourth-order valence-corrected chi connectivity index (χ4v) is 3.68. The number of aromatic nitrogens is 2. The van der Waals surface area contributed by atoms with E-state index in [-0.39, 0.29) is 5.92 Å². The highest BCUT2D eigenvalue weighted by Gasteiger charge is 2.27. The SMILES string of the molecule is CCC1CCCC(C(=O)Cc2nn(C)c3ccccc23)C1. The molecule has 0 aliphatic heterocycles. The van der Waals surface area contributed by atoms with Crippen LogP contribution < -0.4 is 0 Å². The van der Waals surface area contributed by atoms with E-state index in [1.54, 1.807) is 0 Å². The smallest absolute Gasteiger partial charge is 0.142 e. The van der Waals surface area contributed by atoms with Crippen molar-refractivity contribution in [2.45, 2.75) is 45.4 Å². The summed E-state index contributed by atoms with van der Waals surface area (Å²) in [5.41, 5.74) is 2.05. The van der Waals surface area contributed by atoms with Crippen molar-refractivity contribution in [2.75, 3.05) is 0 Å². The van der Waals surface area contributed by atoms with Crippen molar-refractivity contribution in [1.29, 1.82) is 0 Å². The number of fused-ring (bicyclic) bond motifs is 1. The molecule has 2 aromatic rings. The fourth-order valence-electron chi connectivity index (χ4n) is 3.68. The average molecular weight is 284 g/mol. The molecular formula is C18H24N2O. The summed E-state index contributed by atoms with van der Waals surface area (Å²) < 4.78 is 1.88. The number of hydrogen-bond acceptors (Lipinski definition) is 2. The summed E-state index contributed by atoms with van der Waals surface area (Å²) >= 11 is 0. The molecule has 1 fully saturated rings. The lowest BCUT2D eigenvalue weighted by Crippen LogP contribution is -2.24. The first-order valence-corrected chi connectivity index (χ1v) is 8.12. The van der Waals surface area contributed by atoms with E-state index in [1.165, 1.54) is 19.3 Å². The van der Waals surface area contributed by atoms with Gasteiger partial charge >= 0.3 is 0 Å². The minimum absolute atomic E-state index is 0.254. The minimum atomic E-state index is 0.254. The van der Waals surface area contributed by atoms with Gasteiger partial charge in [0.2, 0.25) is 0 Å². The van der Waals surface area contributed by atoms with Crippen molar-refractivity contribution in [3.05, 3.63) is 30.0 Å². The predicted molar refractivity (Wildman–Crippen MR) is 85.2 cm³/mol. The minimum Gasteiger partial charge on any atom is -0.299 e. The molecule has 2 atom stereocenters. The molecule has 21 heavy (non-hydrogen) atoms. The molecule has 3 nitrogen and oxygen atoms in total. The van der Waals surface area contributed by atoms with Crippen LogP contribution in [0.1, 0.15) is 44.7 Å². The first-order valence-electron chi connectivity index (χ1n) is 8.12. The number of para-hydroxylation sites is 1. The van der Waals surface area contributed by atoms with Crippen molar-refractivity contribution in [2.24, 2.45) is 18.9 Å². The van der Waals surface area contributed by atoms with Gasteiger partial charge in [0, 0.05) is 18.4 Å². The molecule has 1 saturated carbocycles. The lowest BCUT2D eigenvalue weighted by atomic mass is 9.77. The maximum atomic E-state index is 12.6. The topological polar surface area (TPSA) is 34.9 Å². The maximum Gasteiger partial charge on any atom is 0.142 e. The van der Waals surface area contributed by atoms with Gasteiger partial charge in [-0.2, -0.15) is 5.10 Å². The van der Waals surface area contributed by atoms with E-state index in [9.17, 15) is 4.79 Å². The van der Waals surface area contributed by atoms with Crippen LogP contribution >= 0.6 is 0 Å². The third kappa shape index (κ3) is 2.87. The van der Waals surface area contributed by atoms with Gasteiger partial charge in [0.1, 0.15) is 5.78 Å². The first-order chi connectivity index (χ1) is 10.2. The Labute approximate surface area is 126 Å².